The lowest BCUT2D eigenvalue weighted by molar-refractivity contribution is 0.0976. The fourth-order valence-corrected chi connectivity index (χ4v) is 3.77. The molecule has 1 aliphatic rings. The summed E-state index contributed by atoms with van der Waals surface area (Å²) in [6.45, 7) is 2.00. The van der Waals surface area contributed by atoms with Crippen molar-refractivity contribution in [2.24, 2.45) is 4.99 Å². The third-order valence-corrected chi connectivity index (χ3v) is 5.36. The standard InChI is InChI=1S/C23H24ClF3N4O3/c1-2-34-23(33)30-17-6-4-16(5-7-17)28-22(29-18-11-14(24)10-15(25)12-18)31-21(32)13-3-8-19(26)20(27)9-13/h3,8-12,16-17H,2,4-7H2,1H3,(H,30,33)(H2,28,29,31,32). The third kappa shape index (κ3) is 7.38. The number of benzene rings is 2. The molecule has 1 saturated carbocycles. The molecule has 0 unspecified atom stereocenters. The molecule has 11 heteroatoms. The molecule has 0 atom stereocenters. The predicted molar refractivity (Wildman–Crippen MR) is 122 cm³/mol. The zero-order valence-corrected chi connectivity index (χ0v) is 19.1. The Morgan fingerprint density at radius 2 is 1.79 bits per heavy atom. The van der Waals surface area contributed by atoms with Crippen LogP contribution in [0.15, 0.2) is 41.4 Å². The highest BCUT2D eigenvalue weighted by molar-refractivity contribution is 6.31. The largest absolute Gasteiger partial charge is 0.450 e. The lowest BCUT2D eigenvalue weighted by atomic mass is 9.92. The summed E-state index contributed by atoms with van der Waals surface area (Å²) in [5.41, 5.74) is 0.125. The van der Waals surface area contributed by atoms with Gasteiger partial charge in [-0.05, 0) is 69.0 Å². The number of aliphatic imine (C=N–C) groups is 1. The molecule has 34 heavy (non-hydrogen) atoms. The summed E-state index contributed by atoms with van der Waals surface area (Å²) in [6.07, 6.45) is 2.02. The molecule has 2 aromatic carbocycles. The van der Waals surface area contributed by atoms with E-state index in [1.54, 1.807) is 6.92 Å². The number of nitrogens with one attached hydrogen (secondary N) is 3. The van der Waals surface area contributed by atoms with E-state index in [9.17, 15) is 22.8 Å². The molecule has 182 valence electrons. The van der Waals surface area contributed by atoms with Crippen molar-refractivity contribution >= 4 is 35.2 Å². The summed E-state index contributed by atoms with van der Waals surface area (Å²) in [5, 5.41) is 8.29. The second-order valence-electron chi connectivity index (χ2n) is 7.71. The van der Waals surface area contributed by atoms with Crippen LogP contribution in [0.1, 0.15) is 43.0 Å². The highest BCUT2D eigenvalue weighted by atomic mass is 35.5. The van der Waals surface area contributed by atoms with Crippen molar-refractivity contribution in [3.63, 3.8) is 0 Å². The Bertz CT molecular complexity index is 1060. The van der Waals surface area contributed by atoms with E-state index in [2.05, 4.69) is 20.9 Å². The Morgan fingerprint density at radius 3 is 2.44 bits per heavy atom. The predicted octanol–water partition coefficient (Wildman–Crippen LogP) is 5.01. The number of hydrogen-bond acceptors (Lipinski definition) is 4. The minimum atomic E-state index is -1.16. The summed E-state index contributed by atoms with van der Waals surface area (Å²) in [5.74, 6) is -3.56. The fourth-order valence-electron chi connectivity index (χ4n) is 3.55. The molecule has 0 aromatic heterocycles. The topological polar surface area (TPSA) is 91.8 Å². The maximum absolute atomic E-state index is 13.8. The fraction of sp³-hybridized carbons (Fsp3) is 0.348. The smallest absolute Gasteiger partial charge is 0.407 e. The number of rotatable bonds is 5. The molecule has 0 saturated heterocycles. The number of halogens is 4. The van der Waals surface area contributed by atoms with Crippen molar-refractivity contribution in [3.8, 4) is 0 Å². The van der Waals surface area contributed by atoms with Gasteiger partial charge in [0.15, 0.2) is 11.6 Å². The van der Waals surface area contributed by atoms with E-state index >= 15 is 0 Å². The molecule has 0 heterocycles. The first-order valence-corrected chi connectivity index (χ1v) is 11.1. The number of carbonyl (C=O) groups excluding carboxylic acids is 2. The van der Waals surface area contributed by atoms with Crippen LogP contribution < -0.4 is 16.0 Å². The molecule has 1 aliphatic carbocycles. The monoisotopic (exact) mass is 496 g/mol. The zero-order chi connectivity index (χ0) is 24.7. The molecule has 3 rings (SSSR count). The summed E-state index contributed by atoms with van der Waals surface area (Å²) >= 11 is 5.91. The highest BCUT2D eigenvalue weighted by Crippen LogP contribution is 2.23. The maximum atomic E-state index is 13.8. The minimum absolute atomic E-state index is 0.00167. The second kappa shape index (κ2) is 11.7. The summed E-state index contributed by atoms with van der Waals surface area (Å²) in [4.78, 5) is 28.8. The van der Waals surface area contributed by atoms with Crippen LogP contribution in [0.3, 0.4) is 0 Å². The molecule has 2 amide bonds. The van der Waals surface area contributed by atoms with Gasteiger partial charge in [-0.2, -0.15) is 0 Å². The minimum Gasteiger partial charge on any atom is -0.450 e. The first kappa shape index (κ1) is 25.4. The van der Waals surface area contributed by atoms with Crippen molar-refractivity contribution in [2.45, 2.75) is 44.7 Å². The summed E-state index contributed by atoms with van der Waals surface area (Å²) in [6, 6.07) is 6.23. The number of anilines is 1. The second-order valence-corrected chi connectivity index (χ2v) is 8.15. The molecule has 0 radical (unpaired) electrons. The normalized spacial score (nSPS) is 18.2. The average Bonchev–Trinajstić information content (AvgIpc) is 2.76. The van der Waals surface area contributed by atoms with Gasteiger partial charge in [0.2, 0.25) is 5.96 Å². The number of amides is 2. The number of nitrogens with zero attached hydrogens (tertiary/aromatic N) is 1. The van der Waals surface area contributed by atoms with E-state index in [0.717, 1.165) is 24.3 Å². The van der Waals surface area contributed by atoms with E-state index in [1.165, 1.54) is 12.1 Å². The van der Waals surface area contributed by atoms with Crippen LogP contribution in [0.2, 0.25) is 5.02 Å². The average molecular weight is 497 g/mol. The van der Waals surface area contributed by atoms with Gasteiger partial charge in [-0.15, -0.1) is 0 Å². The van der Waals surface area contributed by atoms with Gasteiger partial charge in [0.1, 0.15) is 5.82 Å². The van der Waals surface area contributed by atoms with Crippen LogP contribution in [-0.4, -0.2) is 36.7 Å². The number of guanidine groups is 1. The van der Waals surface area contributed by atoms with Gasteiger partial charge in [0.25, 0.3) is 5.91 Å². The molecule has 3 N–H and O–H groups in total. The number of ether oxygens (including phenoxy) is 1. The third-order valence-electron chi connectivity index (χ3n) is 5.14. The summed E-state index contributed by atoms with van der Waals surface area (Å²) in [7, 11) is 0. The highest BCUT2D eigenvalue weighted by Gasteiger charge is 2.23. The van der Waals surface area contributed by atoms with Gasteiger partial charge < -0.3 is 15.4 Å². The quantitative estimate of drug-likeness (QED) is 0.401. The van der Waals surface area contributed by atoms with Crippen LogP contribution in [-0.2, 0) is 4.74 Å². The Labute approximate surface area is 199 Å². The summed E-state index contributed by atoms with van der Waals surface area (Å²) < 4.78 is 45.5. The van der Waals surface area contributed by atoms with Crippen LogP contribution in [0, 0.1) is 17.5 Å². The Balaban J connectivity index is 1.74. The molecule has 0 aliphatic heterocycles. The van der Waals surface area contributed by atoms with E-state index in [0.29, 0.717) is 25.7 Å². The van der Waals surface area contributed by atoms with E-state index in [4.69, 9.17) is 16.3 Å². The number of hydrogen-bond donors (Lipinski definition) is 3. The Hall–Kier alpha value is -3.27. The first-order chi connectivity index (χ1) is 16.2. The lowest BCUT2D eigenvalue weighted by Gasteiger charge is -2.27. The maximum Gasteiger partial charge on any atom is 0.407 e. The van der Waals surface area contributed by atoms with Gasteiger partial charge in [0.05, 0.1) is 12.6 Å². The number of carbonyl (C=O) groups is 2. The molecule has 7 nitrogen and oxygen atoms in total. The van der Waals surface area contributed by atoms with Crippen molar-refractivity contribution in [1.29, 1.82) is 0 Å². The molecular weight excluding hydrogens is 473 g/mol. The van der Waals surface area contributed by atoms with Gasteiger partial charge in [-0.3, -0.25) is 10.1 Å². The van der Waals surface area contributed by atoms with Crippen molar-refractivity contribution in [3.05, 3.63) is 64.4 Å². The van der Waals surface area contributed by atoms with Crippen LogP contribution in [0.25, 0.3) is 0 Å². The number of alkyl carbamates (subject to hydrolysis) is 1. The van der Waals surface area contributed by atoms with E-state index in [1.807, 2.05) is 0 Å². The van der Waals surface area contributed by atoms with E-state index in [-0.39, 0.29) is 40.9 Å². The molecule has 0 spiro atoms. The van der Waals surface area contributed by atoms with Gasteiger partial charge in [-0.1, -0.05) is 11.6 Å². The van der Waals surface area contributed by atoms with E-state index < -0.39 is 29.5 Å². The van der Waals surface area contributed by atoms with Gasteiger partial charge in [-0.25, -0.2) is 23.0 Å². The van der Waals surface area contributed by atoms with Crippen molar-refractivity contribution < 1.29 is 27.5 Å². The first-order valence-electron chi connectivity index (χ1n) is 10.7. The molecule has 1 fully saturated rings. The van der Waals surface area contributed by atoms with Crippen LogP contribution in [0.4, 0.5) is 23.7 Å². The molecular formula is C23H24ClF3N4O3. The SMILES string of the molecule is CCOC(=O)NC1CCC(N=C(NC(=O)c2ccc(F)c(F)c2)Nc2cc(F)cc(Cl)c2)CC1. The van der Waals surface area contributed by atoms with Crippen LogP contribution in [0.5, 0.6) is 0 Å². The van der Waals surface area contributed by atoms with Crippen molar-refractivity contribution in [2.75, 3.05) is 11.9 Å². The lowest BCUT2D eigenvalue weighted by Crippen LogP contribution is -2.40. The van der Waals surface area contributed by atoms with Gasteiger partial charge in [0, 0.05) is 22.3 Å². The van der Waals surface area contributed by atoms with Crippen molar-refractivity contribution in [1.82, 2.24) is 10.6 Å². The van der Waals surface area contributed by atoms with Crippen LogP contribution >= 0.6 is 11.6 Å². The molecule has 0 bridgehead atoms. The van der Waals surface area contributed by atoms with Gasteiger partial charge >= 0.3 is 6.09 Å². The Morgan fingerprint density at radius 1 is 1.06 bits per heavy atom. The Kier molecular flexibility index (Phi) is 8.75. The molecule has 2 aromatic rings. The zero-order valence-electron chi connectivity index (χ0n) is 18.3.